The van der Waals surface area contributed by atoms with E-state index in [1.165, 1.54) is 55.2 Å². The Morgan fingerprint density at radius 3 is 1.29 bits per heavy atom. The number of hydrogen-bond donors (Lipinski definition) is 2. The van der Waals surface area contributed by atoms with E-state index in [2.05, 4.69) is 167 Å². The molecule has 0 bridgehead atoms. The molecule has 0 aliphatic carbocycles. The number of aromatic amines is 2. The van der Waals surface area contributed by atoms with Crippen LogP contribution in [0.15, 0.2) is 133 Å². The largest absolute Gasteiger partial charge is 0.287 e. The molecule has 0 unspecified atom stereocenters. The maximum Gasteiger partial charge on any atom is 0.287 e. The third-order valence-electron chi connectivity index (χ3n) is 8.49. The van der Waals surface area contributed by atoms with Gasteiger partial charge in [-0.15, -0.1) is 0 Å². The van der Waals surface area contributed by atoms with Gasteiger partial charge in [-0.25, -0.2) is 19.1 Å². The molecule has 8 rings (SSSR count). The van der Waals surface area contributed by atoms with Crippen molar-refractivity contribution in [2.24, 2.45) is 14.1 Å². The molecule has 4 nitrogen and oxygen atoms in total. The molecule has 4 heteroatoms. The number of imidazole rings is 2. The number of nitrogens with one attached hydrogen (secondary N) is 2. The van der Waals surface area contributed by atoms with Crippen LogP contribution in [-0.4, -0.2) is 9.97 Å². The summed E-state index contributed by atoms with van der Waals surface area (Å²) in [4.78, 5) is 7.20. The van der Waals surface area contributed by atoms with Gasteiger partial charge in [0.15, 0.2) is 22.1 Å². The van der Waals surface area contributed by atoms with Crippen LogP contribution in [0.2, 0.25) is 0 Å². The van der Waals surface area contributed by atoms with Crippen molar-refractivity contribution < 1.29 is 9.13 Å². The Morgan fingerprint density at radius 2 is 0.810 bits per heavy atom. The van der Waals surface area contributed by atoms with E-state index in [-0.39, 0.29) is 0 Å². The fourth-order valence-electron chi connectivity index (χ4n) is 6.24. The van der Waals surface area contributed by atoms with Gasteiger partial charge in [0.2, 0.25) is 0 Å². The molecule has 0 radical (unpaired) electrons. The molecule has 0 saturated carbocycles. The molecule has 200 valence electrons. The van der Waals surface area contributed by atoms with E-state index in [4.69, 9.17) is 0 Å². The SMILES string of the molecule is C[n+]1c(-c2cccc(-c3ccc4ccc(-c5cccc(-c6[nH]c7ccccc7[n+]6C)c5)cc4c3)c2)[nH]c2ccccc21. The molecule has 0 fully saturated rings. The monoisotopic (exact) mass is 542 g/mol. The van der Waals surface area contributed by atoms with E-state index >= 15 is 0 Å². The summed E-state index contributed by atoms with van der Waals surface area (Å²) < 4.78 is 4.45. The molecule has 2 N–H and O–H groups in total. The van der Waals surface area contributed by atoms with Gasteiger partial charge in [-0.1, -0.05) is 72.8 Å². The molecule has 0 amide bonds. The van der Waals surface area contributed by atoms with E-state index in [9.17, 15) is 0 Å². The number of nitrogens with zero attached hydrogens (tertiary/aromatic N) is 2. The molecule has 6 aromatic carbocycles. The summed E-state index contributed by atoms with van der Waals surface area (Å²) in [6.45, 7) is 0. The van der Waals surface area contributed by atoms with Crippen LogP contribution in [0.4, 0.5) is 0 Å². The lowest BCUT2D eigenvalue weighted by atomic mass is 9.96. The second kappa shape index (κ2) is 9.57. The normalized spacial score (nSPS) is 11.6. The number of aromatic nitrogens is 4. The van der Waals surface area contributed by atoms with Gasteiger partial charge >= 0.3 is 0 Å². The average molecular weight is 543 g/mol. The van der Waals surface area contributed by atoms with Crippen molar-refractivity contribution >= 4 is 32.8 Å². The van der Waals surface area contributed by atoms with Gasteiger partial charge in [-0.3, -0.25) is 0 Å². The van der Waals surface area contributed by atoms with Gasteiger partial charge in [0.05, 0.1) is 25.2 Å². The predicted octanol–water partition coefficient (Wildman–Crippen LogP) is 8.12. The second-order valence-electron chi connectivity index (χ2n) is 11.0. The second-order valence-corrected chi connectivity index (χ2v) is 11.0. The molecule has 0 aliphatic heterocycles. The van der Waals surface area contributed by atoms with Crippen LogP contribution in [0.5, 0.6) is 0 Å². The van der Waals surface area contributed by atoms with Crippen molar-refractivity contribution in [1.82, 2.24) is 9.97 Å². The Morgan fingerprint density at radius 1 is 0.381 bits per heavy atom. The third-order valence-corrected chi connectivity index (χ3v) is 8.49. The Labute approximate surface area is 244 Å². The molecule has 0 saturated heterocycles. The number of rotatable bonds is 4. The van der Waals surface area contributed by atoms with Crippen LogP contribution in [0, 0.1) is 0 Å². The van der Waals surface area contributed by atoms with Crippen LogP contribution in [0.3, 0.4) is 0 Å². The van der Waals surface area contributed by atoms with Crippen molar-refractivity contribution in [3.63, 3.8) is 0 Å². The van der Waals surface area contributed by atoms with E-state index < -0.39 is 0 Å². The lowest BCUT2D eigenvalue weighted by molar-refractivity contribution is -0.633. The van der Waals surface area contributed by atoms with Gasteiger partial charge in [-0.05, 0) is 93.7 Å². The van der Waals surface area contributed by atoms with E-state index in [0.29, 0.717) is 0 Å². The fourth-order valence-corrected chi connectivity index (χ4v) is 6.24. The molecular formula is C38H30N4+2. The number of aryl methyl sites for hydroxylation is 2. The summed E-state index contributed by atoms with van der Waals surface area (Å²) in [7, 11) is 4.23. The number of H-pyrrole nitrogens is 2. The zero-order valence-corrected chi connectivity index (χ0v) is 23.6. The first-order valence-electron chi connectivity index (χ1n) is 14.3. The standard InChI is InChI=1S/C38H28N4/c1-41-35-15-5-3-13-33(35)39-37(41)30-11-7-9-26(21-30)28-19-17-25-18-20-29(24-32(25)23-28)27-10-8-12-31(22-27)38-40-34-14-4-6-16-36(34)42(38)2/h3-24H,1-2H3/p+2. The highest BCUT2D eigenvalue weighted by Crippen LogP contribution is 2.32. The Balaban J connectivity index is 1.17. The van der Waals surface area contributed by atoms with Crippen molar-refractivity contribution in [2.75, 3.05) is 0 Å². The predicted molar refractivity (Wildman–Crippen MR) is 172 cm³/mol. The third kappa shape index (κ3) is 4.00. The maximum atomic E-state index is 3.60. The lowest BCUT2D eigenvalue weighted by Crippen LogP contribution is -2.28. The van der Waals surface area contributed by atoms with Crippen molar-refractivity contribution in [3.8, 4) is 45.0 Å². The minimum Gasteiger partial charge on any atom is -0.236 e. The van der Waals surface area contributed by atoms with E-state index in [0.717, 1.165) is 22.7 Å². The smallest absolute Gasteiger partial charge is 0.236 e. The number of fused-ring (bicyclic) bond motifs is 3. The van der Waals surface area contributed by atoms with Crippen LogP contribution in [-0.2, 0) is 14.1 Å². The van der Waals surface area contributed by atoms with Crippen molar-refractivity contribution in [3.05, 3.63) is 133 Å². The quantitative estimate of drug-likeness (QED) is 0.211. The van der Waals surface area contributed by atoms with Gasteiger partial charge < -0.3 is 0 Å². The number of hydrogen-bond acceptors (Lipinski definition) is 0. The van der Waals surface area contributed by atoms with Crippen molar-refractivity contribution in [2.45, 2.75) is 0 Å². The fraction of sp³-hybridized carbons (Fsp3) is 0.0526. The first-order valence-corrected chi connectivity index (χ1v) is 14.3. The molecule has 2 heterocycles. The lowest BCUT2D eigenvalue weighted by Gasteiger charge is -2.09. The number of benzene rings is 6. The molecular weight excluding hydrogens is 512 g/mol. The molecule has 0 spiro atoms. The van der Waals surface area contributed by atoms with Gasteiger partial charge in [0.1, 0.15) is 0 Å². The van der Waals surface area contributed by atoms with Gasteiger partial charge in [-0.2, -0.15) is 0 Å². The Hall–Kier alpha value is -5.48. The van der Waals surface area contributed by atoms with Crippen molar-refractivity contribution in [1.29, 1.82) is 0 Å². The minimum atomic E-state index is 1.10. The highest BCUT2D eigenvalue weighted by Gasteiger charge is 2.18. The summed E-state index contributed by atoms with van der Waals surface area (Å²) in [6.07, 6.45) is 0. The van der Waals surface area contributed by atoms with Gasteiger partial charge in [0.25, 0.3) is 11.6 Å². The molecule has 8 aromatic rings. The van der Waals surface area contributed by atoms with E-state index in [1.807, 2.05) is 0 Å². The summed E-state index contributed by atoms with van der Waals surface area (Å²) in [5, 5.41) is 2.46. The Bertz CT molecular complexity index is 2130. The van der Waals surface area contributed by atoms with Gasteiger partial charge in [0, 0.05) is 0 Å². The van der Waals surface area contributed by atoms with Crippen LogP contribution >= 0.6 is 0 Å². The maximum absolute atomic E-state index is 3.60. The average Bonchev–Trinajstić information content (AvgIpc) is 3.57. The zero-order chi connectivity index (χ0) is 28.2. The highest BCUT2D eigenvalue weighted by molar-refractivity contribution is 5.91. The summed E-state index contributed by atoms with van der Waals surface area (Å²) >= 11 is 0. The minimum absolute atomic E-state index is 1.10. The summed E-state index contributed by atoms with van der Waals surface area (Å²) in [5.41, 5.74) is 11.8. The van der Waals surface area contributed by atoms with E-state index in [1.54, 1.807) is 0 Å². The summed E-state index contributed by atoms with van der Waals surface area (Å²) in [6, 6.07) is 48.0. The summed E-state index contributed by atoms with van der Waals surface area (Å²) in [5.74, 6) is 2.20. The molecule has 0 atom stereocenters. The van der Waals surface area contributed by atoms with Crippen LogP contribution in [0.25, 0.3) is 77.9 Å². The van der Waals surface area contributed by atoms with Crippen LogP contribution < -0.4 is 9.13 Å². The first-order chi connectivity index (χ1) is 20.6. The molecule has 2 aromatic heterocycles. The number of para-hydroxylation sites is 4. The molecule has 0 aliphatic rings. The first kappa shape index (κ1) is 24.3. The zero-order valence-electron chi connectivity index (χ0n) is 23.6. The van der Waals surface area contributed by atoms with Crippen LogP contribution in [0.1, 0.15) is 0 Å². The topological polar surface area (TPSA) is 39.3 Å². The highest BCUT2D eigenvalue weighted by atomic mass is 15.1. The molecule has 42 heavy (non-hydrogen) atoms. The Kier molecular flexibility index (Phi) is 5.54.